The van der Waals surface area contributed by atoms with Gasteiger partial charge < -0.3 is 14.9 Å². The minimum atomic E-state index is -0.879. The van der Waals surface area contributed by atoms with Gasteiger partial charge in [0.25, 0.3) is 0 Å². The van der Waals surface area contributed by atoms with Crippen LogP contribution in [0.4, 0.5) is 0 Å². The zero-order chi connectivity index (χ0) is 14.4. The van der Waals surface area contributed by atoms with Crippen molar-refractivity contribution in [3.8, 4) is 11.5 Å². The van der Waals surface area contributed by atoms with Gasteiger partial charge in [-0.15, -0.1) is 0 Å². The van der Waals surface area contributed by atoms with Crippen LogP contribution < -0.4 is 4.74 Å². The largest absolute Gasteiger partial charge is 0.505 e. The van der Waals surface area contributed by atoms with Crippen LogP contribution in [-0.2, 0) is 4.79 Å². The van der Waals surface area contributed by atoms with Crippen molar-refractivity contribution in [2.75, 3.05) is 6.61 Å². The van der Waals surface area contributed by atoms with E-state index in [-0.39, 0.29) is 40.1 Å². The molecule has 1 rings (SSSR count). The number of hydrogen-bond acceptors (Lipinski definition) is 4. The number of unbranched alkanes of at least 4 members (excludes halogenated alkanes) is 1. The Hall–Kier alpha value is -1.46. The predicted octanol–water partition coefficient (Wildman–Crippen LogP) is 3.15. The second-order valence-corrected chi connectivity index (χ2v) is 4.56. The topological polar surface area (TPSA) is 83.8 Å². The zero-order valence-corrected chi connectivity index (χ0v) is 11.4. The number of aromatic hydroxyl groups is 1. The van der Waals surface area contributed by atoms with Gasteiger partial charge in [0.1, 0.15) is 11.3 Å². The van der Waals surface area contributed by atoms with Crippen molar-refractivity contribution in [1.82, 2.24) is 0 Å². The molecule has 0 radical (unpaired) electrons. The van der Waals surface area contributed by atoms with Gasteiger partial charge >= 0.3 is 5.97 Å². The summed E-state index contributed by atoms with van der Waals surface area (Å²) in [6.07, 6.45) is 1.39. The Bertz CT molecular complexity index is 487. The molecule has 1 aromatic rings. The highest BCUT2D eigenvalue weighted by Crippen LogP contribution is 2.39. The standard InChI is InChI=1S/C12H12Cl2O5/c13-8-5-9(14)12(7(6-15)11(8)18)19-4-2-1-3-10(16)17/h5-6,18H,1-4H2,(H,16,17). The van der Waals surface area contributed by atoms with Crippen LogP contribution in [0.3, 0.4) is 0 Å². The van der Waals surface area contributed by atoms with Crippen molar-refractivity contribution < 1.29 is 24.5 Å². The first-order valence-electron chi connectivity index (χ1n) is 5.48. The molecule has 0 saturated heterocycles. The lowest BCUT2D eigenvalue weighted by atomic mass is 10.2. The first-order valence-corrected chi connectivity index (χ1v) is 6.23. The van der Waals surface area contributed by atoms with E-state index in [0.717, 1.165) is 0 Å². The average Bonchev–Trinajstić information content (AvgIpc) is 2.34. The molecule has 0 aliphatic rings. The Balaban J connectivity index is 2.70. The lowest BCUT2D eigenvalue weighted by molar-refractivity contribution is -0.137. The normalized spacial score (nSPS) is 10.2. The third kappa shape index (κ3) is 4.29. The fourth-order valence-electron chi connectivity index (χ4n) is 1.42. The monoisotopic (exact) mass is 306 g/mol. The first kappa shape index (κ1) is 15.6. The molecule has 0 saturated carbocycles. The van der Waals surface area contributed by atoms with Crippen LogP contribution in [0.15, 0.2) is 6.07 Å². The number of carboxylic acid groups (broad SMARTS) is 1. The van der Waals surface area contributed by atoms with Crippen LogP contribution in [-0.4, -0.2) is 29.1 Å². The molecule has 0 spiro atoms. The molecule has 19 heavy (non-hydrogen) atoms. The summed E-state index contributed by atoms with van der Waals surface area (Å²) in [5.41, 5.74) is -0.115. The summed E-state index contributed by atoms with van der Waals surface area (Å²) in [6.45, 7) is 0.189. The number of phenols is 1. The fraction of sp³-hybridized carbons (Fsp3) is 0.333. The molecular formula is C12H12Cl2O5. The SMILES string of the molecule is O=Cc1c(O)c(Cl)cc(Cl)c1OCCCCC(=O)O. The summed E-state index contributed by atoms with van der Waals surface area (Å²) < 4.78 is 5.30. The lowest BCUT2D eigenvalue weighted by Gasteiger charge is -2.12. The molecular weight excluding hydrogens is 295 g/mol. The van der Waals surface area contributed by atoms with Gasteiger partial charge in [-0.1, -0.05) is 23.2 Å². The summed E-state index contributed by atoms with van der Waals surface area (Å²) in [4.78, 5) is 21.2. The number of hydrogen-bond donors (Lipinski definition) is 2. The third-order valence-corrected chi connectivity index (χ3v) is 2.91. The maximum Gasteiger partial charge on any atom is 0.303 e. The van der Waals surface area contributed by atoms with E-state index in [2.05, 4.69) is 0 Å². The van der Waals surface area contributed by atoms with Gasteiger partial charge in [-0.3, -0.25) is 9.59 Å². The Morgan fingerprint density at radius 3 is 2.58 bits per heavy atom. The number of rotatable bonds is 7. The van der Waals surface area contributed by atoms with E-state index in [0.29, 0.717) is 19.1 Å². The molecule has 7 heteroatoms. The highest BCUT2D eigenvalue weighted by molar-refractivity contribution is 6.37. The molecule has 0 bridgehead atoms. The van der Waals surface area contributed by atoms with Gasteiger partial charge in [0, 0.05) is 6.42 Å². The van der Waals surface area contributed by atoms with Gasteiger partial charge in [-0.2, -0.15) is 0 Å². The number of aliphatic carboxylic acids is 1. The molecule has 0 amide bonds. The van der Waals surface area contributed by atoms with Crippen LogP contribution in [0.25, 0.3) is 0 Å². The second-order valence-electron chi connectivity index (χ2n) is 3.75. The summed E-state index contributed by atoms with van der Waals surface area (Å²) >= 11 is 11.5. The summed E-state index contributed by atoms with van der Waals surface area (Å²) in [7, 11) is 0. The van der Waals surface area contributed by atoms with E-state index in [1.807, 2.05) is 0 Å². The zero-order valence-electron chi connectivity index (χ0n) is 9.86. The van der Waals surface area contributed by atoms with Gasteiger partial charge in [-0.25, -0.2) is 0 Å². The van der Waals surface area contributed by atoms with Gasteiger partial charge in [0.15, 0.2) is 12.0 Å². The molecule has 5 nitrogen and oxygen atoms in total. The van der Waals surface area contributed by atoms with E-state index in [4.69, 9.17) is 33.0 Å². The van der Waals surface area contributed by atoms with Crippen LogP contribution in [0.5, 0.6) is 11.5 Å². The fourth-order valence-corrected chi connectivity index (χ4v) is 1.95. The number of carbonyl (C=O) groups is 2. The van der Waals surface area contributed by atoms with Crippen molar-refractivity contribution in [2.24, 2.45) is 0 Å². The molecule has 0 heterocycles. The highest BCUT2D eigenvalue weighted by atomic mass is 35.5. The number of benzene rings is 1. The molecule has 2 N–H and O–H groups in total. The van der Waals surface area contributed by atoms with Crippen molar-refractivity contribution >= 4 is 35.5 Å². The molecule has 0 aliphatic heterocycles. The van der Waals surface area contributed by atoms with Crippen molar-refractivity contribution in [2.45, 2.75) is 19.3 Å². The molecule has 0 atom stereocenters. The number of ether oxygens (including phenoxy) is 1. The molecule has 0 fully saturated rings. The van der Waals surface area contributed by atoms with E-state index >= 15 is 0 Å². The van der Waals surface area contributed by atoms with Crippen molar-refractivity contribution in [3.63, 3.8) is 0 Å². The number of aldehydes is 1. The second kappa shape index (κ2) is 7.21. The van der Waals surface area contributed by atoms with Crippen LogP contribution in [0, 0.1) is 0 Å². The summed E-state index contributed by atoms with van der Waals surface area (Å²) in [6, 6.07) is 1.28. The van der Waals surface area contributed by atoms with Crippen LogP contribution in [0.2, 0.25) is 10.0 Å². The van der Waals surface area contributed by atoms with Gasteiger partial charge in [-0.05, 0) is 18.9 Å². The maximum atomic E-state index is 10.9. The number of carboxylic acids is 1. The van der Waals surface area contributed by atoms with E-state index in [1.165, 1.54) is 6.07 Å². The first-order chi connectivity index (χ1) is 8.97. The molecule has 1 aromatic carbocycles. The number of phenolic OH excluding ortho intramolecular Hbond substituents is 1. The Labute approximate surface area is 119 Å². The minimum absolute atomic E-state index is 0.0367. The van der Waals surface area contributed by atoms with E-state index in [1.54, 1.807) is 0 Å². The van der Waals surface area contributed by atoms with Crippen molar-refractivity contribution in [1.29, 1.82) is 0 Å². The van der Waals surface area contributed by atoms with Crippen molar-refractivity contribution in [3.05, 3.63) is 21.7 Å². The summed E-state index contributed by atoms with van der Waals surface area (Å²) in [5.74, 6) is -1.22. The average molecular weight is 307 g/mol. The predicted molar refractivity (Wildman–Crippen MR) is 70.5 cm³/mol. The Morgan fingerprint density at radius 1 is 1.32 bits per heavy atom. The molecule has 0 aliphatic carbocycles. The van der Waals surface area contributed by atoms with Crippen LogP contribution in [0.1, 0.15) is 29.6 Å². The highest BCUT2D eigenvalue weighted by Gasteiger charge is 2.16. The molecule has 0 unspecified atom stereocenters. The third-order valence-electron chi connectivity index (χ3n) is 2.35. The number of halogens is 2. The number of carbonyl (C=O) groups excluding carboxylic acids is 1. The van der Waals surface area contributed by atoms with Gasteiger partial charge in [0.2, 0.25) is 0 Å². The quantitative estimate of drug-likeness (QED) is 0.597. The van der Waals surface area contributed by atoms with Gasteiger partial charge in [0.05, 0.1) is 16.7 Å². The van der Waals surface area contributed by atoms with Crippen LogP contribution >= 0.6 is 23.2 Å². The smallest absolute Gasteiger partial charge is 0.303 e. The van der Waals surface area contributed by atoms with E-state index in [9.17, 15) is 14.7 Å². The molecule has 104 valence electrons. The Kier molecular flexibility index (Phi) is 5.92. The molecule has 0 aromatic heterocycles. The lowest BCUT2D eigenvalue weighted by Crippen LogP contribution is -2.03. The summed E-state index contributed by atoms with van der Waals surface area (Å²) in [5, 5.41) is 18.1. The van der Waals surface area contributed by atoms with E-state index < -0.39 is 5.97 Å². The Morgan fingerprint density at radius 2 is 2.00 bits per heavy atom. The maximum absolute atomic E-state index is 10.9. The minimum Gasteiger partial charge on any atom is -0.505 e.